The van der Waals surface area contributed by atoms with Crippen LogP contribution in [0.3, 0.4) is 0 Å². The summed E-state index contributed by atoms with van der Waals surface area (Å²) in [7, 11) is 0. The van der Waals surface area contributed by atoms with Gasteiger partial charge in [-0.2, -0.15) is 13.2 Å². The van der Waals surface area contributed by atoms with Gasteiger partial charge in [0.25, 0.3) is 5.91 Å². The molecule has 23 heavy (non-hydrogen) atoms. The smallest absolute Gasteiger partial charge is 0.343 e. The van der Waals surface area contributed by atoms with Crippen molar-refractivity contribution in [3.63, 3.8) is 0 Å². The molecule has 0 spiro atoms. The summed E-state index contributed by atoms with van der Waals surface area (Å²) in [5.74, 6) is -0.730. The molecule has 2 aromatic heterocycles. The normalized spacial score (nSPS) is 11.5. The van der Waals surface area contributed by atoms with Crippen molar-refractivity contribution in [1.29, 1.82) is 0 Å². The number of halogens is 3. The molecule has 0 fully saturated rings. The van der Waals surface area contributed by atoms with Crippen molar-refractivity contribution in [2.24, 2.45) is 5.73 Å². The Balaban J connectivity index is 2.05. The number of carbonyl (C=O) groups is 1. The van der Waals surface area contributed by atoms with E-state index in [9.17, 15) is 18.0 Å². The van der Waals surface area contributed by atoms with E-state index in [4.69, 9.17) is 5.73 Å². The summed E-state index contributed by atoms with van der Waals surface area (Å²) in [6.07, 6.45) is -3.18. The third-order valence-corrected chi connectivity index (χ3v) is 2.73. The summed E-state index contributed by atoms with van der Waals surface area (Å²) >= 11 is 0. The van der Waals surface area contributed by atoms with Gasteiger partial charge in [0, 0.05) is 12.2 Å². The van der Waals surface area contributed by atoms with Crippen molar-refractivity contribution in [2.45, 2.75) is 26.2 Å². The van der Waals surface area contributed by atoms with Crippen LogP contribution >= 0.6 is 0 Å². The molecule has 0 unspecified atom stereocenters. The first-order valence-electron chi connectivity index (χ1n) is 6.59. The molecule has 0 saturated heterocycles. The topological polar surface area (TPSA) is 112 Å². The van der Waals surface area contributed by atoms with Crippen LogP contribution in [-0.2, 0) is 19.3 Å². The van der Waals surface area contributed by atoms with Gasteiger partial charge < -0.3 is 11.1 Å². The van der Waals surface area contributed by atoms with Gasteiger partial charge in [0.05, 0.1) is 19.3 Å². The number of hydrogen-bond donors (Lipinski definition) is 2. The Labute approximate surface area is 128 Å². The van der Waals surface area contributed by atoms with E-state index < -0.39 is 17.8 Å². The van der Waals surface area contributed by atoms with E-state index in [1.807, 2.05) is 0 Å². The lowest BCUT2D eigenvalue weighted by Crippen LogP contribution is -2.25. The van der Waals surface area contributed by atoms with Crippen molar-refractivity contribution < 1.29 is 18.0 Å². The zero-order valence-electron chi connectivity index (χ0n) is 12.1. The number of carbonyl (C=O) groups excluding carboxylic acids is 1. The van der Waals surface area contributed by atoms with Gasteiger partial charge in [0.15, 0.2) is 5.69 Å². The lowest BCUT2D eigenvalue weighted by atomic mass is 10.3. The lowest BCUT2D eigenvalue weighted by Gasteiger charge is -2.09. The monoisotopic (exact) mass is 329 g/mol. The second kappa shape index (κ2) is 6.69. The van der Waals surface area contributed by atoms with Crippen molar-refractivity contribution in [3.05, 3.63) is 35.2 Å². The quantitative estimate of drug-likeness (QED) is 0.815. The number of aromatic nitrogens is 5. The van der Waals surface area contributed by atoms with Crippen LogP contribution in [0.4, 0.5) is 13.2 Å². The standard InChI is InChI=1S/C12H14F3N7O/c1-7-4-9(12(13,14)15)19-10(18-7)5-17-11(23)8-6-22(3-2-16)21-20-8/h4,6H,2-3,5,16H2,1H3,(H,17,23). The van der Waals surface area contributed by atoms with Gasteiger partial charge >= 0.3 is 6.18 Å². The molecule has 2 rings (SSSR count). The highest BCUT2D eigenvalue weighted by Gasteiger charge is 2.33. The fraction of sp³-hybridized carbons (Fsp3) is 0.417. The maximum atomic E-state index is 12.7. The van der Waals surface area contributed by atoms with Gasteiger partial charge in [-0.1, -0.05) is 5.21 Å². The molecule has 1 amide bonds. The molecule has 2 heterocycles. The molecule has 124 valence electrons. The molecule has 2 aromatic rings. The fourth-order valence-corrected chi connectivity index (χ4v) is 1.75. The molecule has 0 atom stereocenters. The van der Waals surface area contributed by atoms with Crippen LogP contribution in [0.5, 0.6) is 0 Å². The molecular formula is C12H14F3N7O. The first-order valence-corrected chi connectivity index (χ1v) is 6.59. The van der Waals surface area contributed by atoms with Gasteiger partial charge in [-0.3, -0.25) is 9.48 Å². The highest BCUT2D eigenvalue weighted by molar-refractivity contribution is 5.91. The summed E-state index contributed by atoms with van der Waals surface area (Å²) in [6.45, 7) is 1.89. The van der Waals surface area contributed by atoms with Crippen LogP contribution in [-0.4, -0.2) is 37.4 Å². The number of nitrogens with one attached hydrogen (secondary N) is 1. The summed E-state index contributed by atoms with van der Waals surface area (Å²) in [6, 6.07) is 0.837. The molecule has 0 aliphatic carbocycles. The van der Waals surface area contributed by atoms with Crippen molar-refractivity contribution >= 4 is 5.91 Å². The van der Waals surface area contributed by atoms with E-state index in [0.29, 0.717) is 13.1 Å². The lowest BCUT2D eigenvalue weighted by molar-refractivity contribution is -0.141. The minimum atomic E-state index is -4.57. The van der Waals surface area contributed by atoms with E-state index >= 15 is 0 Å². The number of alkyl halides is 3. The Morgan fingerprint density at radius 1 is 1.39 bits per heavy atom. The third-order valence-electron chi connectivity index (χ3n) is 2.73. The SMILES string of the molecule is Cc1cc(C(F)(F)F)nc(CNC(=O)c2cn(CCN)nn2)n1. The highest BCUT2D eigenvalue weighted by atomic mass is 19.4. The Hall–Kier alpha value is -2.56. The Kier molecular flexibility index (Phi) is 4.89. The molecule has 11 heteroatoms. The molecule has 3 N–H and O–H groups in total. The van der Waals surface area contributed by atoms with Crippen LogP contribution in [0.25, 0.3) is 0 Å². The summed E-state index contributed by atoms with van der Waals surface area (Å²) in [4.78, 5) is 19.1. The van der Waals surface area contributed by atoms with Gasteiger partial charge in [0.2, 0.25) is 0 Å². The molecule has 0 bridgehead atoms. The minimum Gasteiger partial charge on any atom is -0.343 e. The molecule has 0 aliphatic heterocycles. The van der Waals surface area contributed by atoms with Crippen molar-refractivity contribution in [1.82, 2.24) is 30.3 Å². The molecule has 8 nitrogen and oxygen atoms in total. The summed E-state index contributed by atoms with van der Waals surface area (Å²) < 4.78 is 39.4. The van der Waals surface area contributed by atoms with E-state index in [0.717, 1.165) is 6.07 Å². The first kappa shape index (κ1) is 16.8. The number of nitrogens with zero attached hydrogens (tertiary/aromatic N) is 5. The maximum absolute atomic E-state index is 12.7. The fourth-order valence-electron chi connectivity index (χ4n) is 1.75. The average Bonchev–Trinajstić information content (AvgIpc) is 2.92. The van der Waals surface area contributed by atoms with Crippen molar-refractivity contribution in [2.75, 3.05) is 6.54 Å². The molecule has 0 saturated carbocycles. The predicted molar refractivity (Wildman–Crippen MR) is 72.0 cm³/mol. The predicted octanol–water partition coefficient (Wildman–Crippen LogP) is 0.284. The number of amides is 1. The Morgan fingerprint density at radius 3 is 2.78 bits per heavy atom. The van der Waals surface area contributed by atoms with Crippen LogP contribution in [0.15, 0.2) is 12.3 Å². The minimum absolute atomic E-state index is 0.0298. The Bertz CT molecular complexity index is 698. The van der Waals surface area contributed by atoms with Gasteiger partial charge in [-0.25, -0.2) is 9.97 Å². The summed E-state index contributed by atoms with van der Waals surface area (Å²) in [5.41, 5.74) is 4.48. The summed E-state index contributed by atoms with van der Waals surface area (Å²) in [5, 5.41) is 9.73. The third kappa shape index (κ3) is 4.45. The van der Waals surface area contributed by atoms with Gasteiger partial charge in [-0.15, -0.1) is 5.10 Å². The van der Waals surface area contributed by atoms with Gasteiger partial charge in [-0.05, 0) is 13.0 Å². The number of aryl methyl sites for hydroxylation is 1. The van der Waals surface area contributed by atoms with Crippen molar-refractivity contribution in [3.8, 4) is 0 Å². The molecule has 0 radical (unpaired) electrons. The van der Waals surface area contributed by atoms with Gasteiger partial charge in [0.1, 0.15) is 11.5 Å². The zero-order chi connectivity index (χ0) is 17.0. The Morgan fingerprint density at radius 2 is 2.13 bits per heavy atom. The maximum Gasteiger partial charge on any atom is 0.433 e. The van der Waals surface area contributed by atoms with Crippen LogP contribution in [0.1, 0.15) is 27.7 Å². The second-order valence-corrected chi connectivity index (χ2v) is 4.65. The number of hydrogen-bond acceptors (Lipinski definition) is 6. The first-order chi connectivity index (χ1) is 10.8. The number of rotatable bonds is 5. The number of nitrogens with two attached hydrogens (primary N) is 1. The van der Waals surface area contributed by atoms with E-state index in [-0.39, 0.29) is 23.8 Å². The zero-order valence-corrected chi connectivity index (χ0v) is 12.1. The molecule has 0 aliphatic rings. The average molecular weight is 329 g/mol. The van der Waals surface area contributed by atoms with E-state index in [1.165, 1.54) is 17.8 Å². The molecule has 0 aromatic carbocycles. The van der Waals surface area contributed by atoms with Crippen LogP contribution in [0.2, 0.25) is 0 Å². The van der Waals surface area contributed by atoms with Crippen LogP contribution < -0.4 is 11.1 Å². The van der Waals surface area contributed by atoms with Crippen LogP contribution in [0, 0.1) is 6.92 Å². The largest absolute Gasteiger partial charge is 0.433 e. The highest BCUT2D eigenvalue weighted by Crippen LogP contribution is 2.27. The second-order valence-electron chi connectivity index (χ2n) is 4.65. The van der Waals surface area contributed by atoms with E-state index in [1.54, 1.807) is 0 Å². The molecular weight excluding hydrogens is 315 g/mol. The van der Waals surface area contributed by atoms with E-state index in [2.05, 4.69) is 25.6 Å².